The normalized spacial score (nSPS) is 11.3. The Hall–Kier alpha value is -8.08. The number of rotatable bonds is 8. The molecule has 0 atom stereocenters. The van der Waals surface area contributed by atoms with Crippen LogP contribution in [0.15, 0.2) is 231 Å². The molecule has 0 unspecified atom stereocenters. The fourth-order valence-electron chi connectivity index (χ4n) is 8.66. The highest BCUT2D eigenvalue weighted by Crippen LogP contribution is 2.41. The number of aromatic nitrogens is 4. The van der Waals surface area contributed by atoms with E-state index < -0.39 is 0 Å². The van der Waals surface area contributed by atoms with E-state index in [1.807, 2.05) is 24.3 Å². The fraction of sp³-hybridized carbons (Fsp3) is 0. The molecular formula is C56H38N4. The monoisotopic (exact) mass is 766 g/mol. The van der Waals surface area contributed by atoms with E-state index in [4.69, 9.17) is 10.2 Å². The van der Waals surface area contributed by atoms with Crippen LogP contribution in [0.2, 0.25) is 0 Å². The van der Waals surface area contributed by atoms with Gasteiger partial charge in [-0.05, 0) is 87.0 Å². The second kappa shape index (κ2) is 15.0. The Bertz CT molecular complexity index is 3270. The van der Waals surface area contributed by atoms with Gasteiger partial charge in [-0.15, -0.1) is 10.2 Å². The molecule has 2 heterocycles. The predicted molar refractivity (Wildman–Crippen MR) is 248 cm³/mol. The number of benzene rings is 9. The van der Waals surface area contributed by atoms with Gasteiger partial charge in [0.15, 0.2) is 11.6 Å². The van der Waals surface area contributed by atoms with E-state index in [-0.39, 0.29) is 0 Å². The van der Waals surface area contributed by atoms with Crippen molar-refractivity contribution in [3.63, 3.8) is 0 Å². The van der Waals surface area contributed by atoms with Gasteiger partial charge < -0.3 is 4.57 Å². The minimum atomic E-state index is 0.788. The molecule has 0 aliphatic rings. The van der Waals surface area contributed by atoms with E-state index in [1.165, 1.54) is 55.2 Å². The molecular weight excluding hydrogens is 729 g/mol. The maximum absolute atomic E-state index is 4.80. The van der Waals surface area contributed by atoms with Crippen LogP contribution in [0.3, 0.4) is 0 Å². The molecule has 11 rings (SSSR count). The molecule has 0 spiro atoms. The first-order chi connectivity index (χ1) is 29.8. The number of fused-ring (bicyclic) bond motifs is 3. The van der Waals surface area contributed by atoms with Crippen LogP contribution in [0.4, 0.5) is 0 Å². The van der Waals surface area contributed by atoms with Crippen LogP contribution >= 0.6 is 0 Å². The van der Waals surface area contributed by atoms with Crippen molar-refractivity contribution in [2.75, 3.05) is 0 Å². The summed E-state index contributed by atoms with van der Waals surface area (Å²) in [7, 11) is 0. The molecule has 4 nitrogen and oxygen atoms in total. The molecule has 0 radical (unpaired) electrons. The molecule has 60 heavy (non-hydrogen) atoms. The van der Waals surface area contributed by atoms with E-state index >= 15 is 0 Å². The lowest BCUT2D eigenvalue weighted by Crippen LogP contribution is -2.00. The van der Waals surface area contributed by atoms with Crippen molar-refractivity contribution in [2.45, 2.75) is 0 Å². The summed E-state index contributed by atoms with van der Waals surface area (Å²) in [5.41, 5.74) is 15.9. The van der Waals surface area contributed by atoms with Crippen LogP contribution in [0.5, 0.6) is 0 Å². The van der Waals surface area contributed by atoms with Crippen LogP contribution in [0.25, 0.3) is 100 Å². The van der Waals surface area contributed by atoms with Gasteiger partial charge in [-0.25, -0.2) is 0 Å². The number of hydrogen-bond donors (Lipinski definition) is 0. The van der Waals surface area contributed by atoms with Crippen molar-refractivity contribution in [3.05, 3.63) is 231 Å². The van der Waals surface area contributed by atoms with Gasteiger partial charge in [-0.1, -0.05) is 188 Å². The van der Waals surface area contributed by atoms with Gasteiger partial charge in [0.25, 0.3) is 0 Å². The van der Waals surface area contributed by atoms with Crippen molar-refractivity contribution < 1.29 is 0 Å². The van der Waals surface area contributed by atoms with E-state index in [9.17, 15) is 0 Å². The predicted octanol–water partition coefficient (Wildman–Crippen LogP) is 14.4. The largest absolute Gasteiger partial charge is 0.309 e. The molecule has 282 valence electrons. The van der Waals surface area contributed by atoms with Crippen LogP contribution in [-0.2, 0) is 0 Å². The summed E-state index contributed by atoms with van der Waals surface area (Å²) in [6.45, 7) is 0. The zero-order chi connectivity index (χ0) is 39.8. The highest BCUT2D eigenvalue weighted by Gasteiger charge is 2.19. The van der Waals surface area contributed by atoms with Crippen molar-refractivity contribution in [1.29, 1.82) is 0 Å². The SMILES string of the molecule is c1ccc(-c2ccc(-n3c(-c4ccccc4)nnc3-c3ccc(-c4ccccc4-c4ccccc4-c4ccc5c(c4)c4ccccc4n5-c4ccccc4)cc3)cc2)cc1. The molecule has 0 saturated heterocycles. The Morgan fingerprint density at radius 3 is 1.32 bits per heavy atom. The van der Waals surface area contributed by atoms with Crippen LogP contribution in [0.1, 0.15) is 0 Å². The average Bonchev–Trinajstić information content (AvgIpc) is 3.93. The molecule has 11 aromatic rings. The van der Waals surface area contributed by atoms with Crippen molar-refractivity contribution >= 4 is 21.8 Å². The lowest BCUT2D eigenvalue weighted by Gasteiger charge is -2.16. The zero-order valence-electron chi connectivity index (χ0n) is 32.7. The van der Waals surface area contributed by atoms with Gasteiger partial charge in [0, 0.05) is 33.3 Å². The zero-order valence-corrected chi connectivity index (χ0v) is 32.7. The molecule has 0 amide bonds. The van der Waals surface area contributed by atoms with Gasteiger partial charge in [-0.2, -0.15) is 0 Å². The lowest BCUT2D eigenvalue weighted by molar-refractivity contribution is 1.07. The van der Waals surface area contributed by atoms with Gasteiger partial charge >= 0.3 is 0 Å². The molecule has 0 aliphatic heterocycles. The van der Waals surface area contributed by atoms with Gasteiger partial charge in [0.2, 0.25) is 0 Å². The number of hydrogen-bond acceptors (Lipinski definition) is 2. The molecule has 0 bridgehead atoms. The molecule has 2 aromatic heterocycles. The third kappa shape index (κ3) is 6.19. The Kier molecular flexibility index (Phi) is 8.79. The summed E-state index contributed by atoms with van der Waals surface area (Å²) in [5, 5.41) is 12.0. The maximum Gasteiger partial charge on any atom is 0.168 e. The highest BCUT2D eigenvalue weighted by atomic mass is 15.3. The van der Waals surface area contributed by atoms with E-state index in [0.717, 1.165) is 45.3 Å². The topological polar surface area (TPSA) is 35.6 Å². The summed E-state index contributed by atoms with van der Waals surface area (Å²) >= 11 is 0. The first-order valence-electron chi connectivity index (χ1n) is 20.3. The molecule has 9 aromatic carbocycles. The van der Waals surface area contributed by atoms with Crippen molar-refractivity contribution in [2.24, 2.45) is 0 Å². The molecule has 4 heteroatoms. The second-order valence-corrected chi connectivity index (χ2v) is 15.1. The highest BCUT2D eigenvalue weighted by molar-refractivity contribution is 6.11. The van der Waals surface area contributed by atoms with Gasteiger partial charge in [-0.3, -0.25) is 4.57 Å². The Morgan fingerprint density at radius 2 is 0.667 bits per heavy atom. The third-order valence-electron chi connectivity index (χ3n) is 11.5. The lowest BCUT2D eigenvalue weighted by atomic mass is 9.89. The minimum Gasteiger partial charge on any atom is -0.309 e. The van der Waals surface area contributed by atoms with E-state index in [2.05, 4.69) is 215 Å². The second-order valence-electron chi connectivity index (χ2n) is 15.1. The average molecular weight is 767 g/mol. The van der Waals surface area contributed by atoms with Crippen LogP contribution in [0, 0.1) is 0 Å². The van der Waals surface area contributed by atoms with Crippen LogP contribution < -0.4 is 0 Å². The fourth-order valence-corrected chi connectivity index (χ4v) is 8.66. The summed E-state index contributed by atoms with van der Waals surface area (Å²) in [5.74, 6) is 1.59. The van der Waals surface area contributed by atoms with Gasteiger partial charge in [0.1, 0.15) is 0 Å². The van der Waals surface area contributed by atoms with Gasteiger partial charge in [0.05, 0.1) is 11.0 Å². The quantitative estimate of drug-likeness (QED) is 0.154. The first kappa shape index (κ1) is 35.1. The summed E-state index contributed by atoms with van der Waals surface area (Å²) in [6.07, 6.45) is 0. The minimum absolute atomic E-state index is 0.788. The maximum atomic E-state index is 4.80. The Labute approximate surface area is 348 Å². The first-order valence-corrected chi connectivity index (χ1v) is 20.3. The summed E-state index contributed by atoms with van der Waals surface area (Å²) < 4.78 is 4.53. The standard InChI is InChI=1S/C56H38N4/c1-4-16-39(17-5-1)40-32-35-46(36-33-40)60-55(42-18-6-2-7-19-42)57-58-56(60)43-30-28-41(29-31-43)47-22-10-12-24-49(47)50-25-13-11-23-48(50)44-34-37-54-52(38-44)51-26-14-15-27-53(51)59(54)45-20-8-3-9-21-45/h1-38H. The Balaban J connectivity index is 0.978. The number of para-hydroxylation sites is 2. The molecule has 0 N–H and O–H groups in total. The third-order valence-corrected chi connectivity index (χ3v) is 11.5. The molecule has 0 aliphatic carbocycles. The van der Waals surface area contributed by atoms with Crippen molar-refractivity contribution in [3.8, 4) is 78.7 Å². The van der Waals surface area contributed by atoms with E-state index in [1.54, 1.807) is 0 Å². The van der Waals surface area contributed by atoms with Crippen molar-refractivity contribution in [1.82, 2.24) is 19.3 Å². The summed E-state index contributed by atoms with van der Waals surface area (Å²) in [4.78, 5) is 0. The van der Waals surface area contributed by atoms with Crippen LogP contribution in [-0.4, -0.2) is 19.3 Å². The smallest absolute Gasteiger partial charge is 0.168 e. The number of nitrogens with zero attached hydrogens (tertiary/aromatic N) is 4. The molecule has 0 saturated carbocycles. The van der Waals surface area contributed by atoms with E-state index in [0.29, 0.717) is 0 Å². The Morgan fingerprint density at radius 1 is 0.250 bits per heavy atom. The molecule has 0 fully saturated rings. The summed E-state index contributed by atoms with van der Waals surface area (Å²) in [6, 6.07) is 81.9.